The number of piperazine rings is 1. The lowest BCUT2D eigenvalue weighted by atomic mass is 9.79. The highest BCUT2D eigenvalue weighted by Gasteiger charge is 2.39. The Morgan fingerprint density at radius 3 is 2.71 bits per heavy atom. The highest BCUT2D eigenvalue weighted by atomic mass is 35.5. The number of rotatable bonds is 3. The van der Waals surface area contributed by atoms with Crippen molar-refractivity contribution in [1.82, 2.24) is 15.2 Å². The van der Waals surface area contributed by atoms with E-state index in [1.54, 1.807) is 0 Å². The topological polar surface area (TPSA) is 28.2 Å². The summed E-state index contributed by atoms with van der Waals surface area (Å²) in [6.07, 6.45) is 8.22. The molecule has 0 aromatic carbocycles. The Kier molecular flexibility index (Phi) is 7.93. The van der Waals surface area contributed by atoms with Crippen molar-refractivity contribution in [3.05, 3.63) is 16.1 Å². The first-order valence-electron chi connectivity index (χ1n) is 7.65. The fourth-order valence-electron chi connectivity index (χ4n) is 3.74. The highest BCUT2D eigenvalue weighted by Crippen LogP contribution is 2.34. The van der Waals surface area contributed by atoms with Crippen molar-refractivity contribution >= 4 is 36.2 Å². The summed E-state index contributed by atoms with van der Waals surface area (Å²) >= 11 is 1.82. The van der Waals surface area contributed by atoms with Crippen LogP contribution in [0.4, 0.5) is 0 Å². The Balaban J connectivity index is 0.00000110. The van der Waals surface area contributed by atoms with E-state index in [-0.39, 0.29) is 24.8 Å². The van der Waals surface area contributed by atoms with Crippen molar-refractivity contribution < 1.29 is 0 Å². The van der Waals surface area contributed by atoms with Crippen LogP contribution in [0, 0.1) is 6.92 Å². The first kappa shape index (κ1) is 19.2. The smallest absolute Gasteiger partial charge is 0.0797 e. The van der Waals surface area contributed by atoms with Gasteiger partial charge in [-0.3, -0.25) is 4.90 Å². The summed E-state index contributed by atoms with van der Waals surface area (Å²) in [5.74, 6) is 0. The van der Waals surface area contributed by atoms with E-state index in [1.807, 2.05) is 16.8 Å². The molecule has 2 aliphatic rings. The van der Waals surface area contributed by atoms with Crippen LogP contribution in [-0.4, -0.2) is 41.6 Å². The summed E-state index contributed by atoms with van der Waals surface area (Å²) in [5.41, 5.74) is 3.69. The van der Waals surface area contributed by atoms with Gasteiger partial charge in [0.25, 0.3) is 0 Å². The standard InChI is InChI=1S/C15H25N3S.2ClH/c1-13-14(19-12-17-13)5-9-18-10-8-16-11-15(18)6-3-2-4-7-15;;/h12,16H,2-11H2,1H3;2*1H. The van der Waals surface area contributed by atoms with Crippen molar-refractivity contribution in [3.8, 4) is 0 Å². The van der Waals surface area contributed by atoms with Crippen LogP contribution >= 0.6 is 36.2 Å². The number of nitrogens with one attached hydrogen (secondary N) is 1. The second-order valence-corrected chi connectivity index (χ2v) is 7.00. The third kappa shape index (κ3) is 4.32. The molecule has 6 heteroatoms. The molecule has 1 aliphatic heterocycles. The third-order valence-corrected chi connectivity index (χ3v) is 5.92. The fraction of sp³-hybridized carbons (Fsp3) is 0.800. The molecule has 1 saturated heterocycles. The van der Waals surface area contributed by atoms with E-state index in [9.17, 15) is 0 Å². The molecule has 122 valence electrons. The SMILES string of the molecule is Cc1ncsc1CCN1CCNCC12CCCCC2.Cl.Cl. The monoisotopic (exact) mass is 351 g/mol. The molecule has 3 nitrogen and oxygen atoms in total. The van der Waals surface area contributed by atoms with E-state index in [0.29, 0.717) is 5.54 Å². The van der Waals surface area contributed by atoms with E-state index in [0.717, 1.165) is 6.54 Å². The zero-order valence-corrected chi connectivity index (χ0v) is 15.2. The van der Waals surface area contributed by atoms with Crippen LogP contribution < -0.4 is 5.32 Å². The summed E-state index contributed by atoms with van der Waals surface area (Å²) in [6, 6.07) is 0. The first-order valence-corrected chi connectivity index (χ1v) is 8.53. The van der Waals surface area contributed by atoms with Crippen molar-refractivity contribution in [2.24, 2.45) is 0 Å². The van der Waals surface area contributed by atoms with Gasteiger partial charge in [0.1, 0.15) is 0 Å². The molecule has 1 aromatic rings. The molecule has 2 fully saturated rings. The molecule has 1 N–H and O–H groups in total. The van der Waals surface area contributed by atoms with E-state index in [2.05, 4.69) is 22.1 Å². The van der Waals surface area contributed by atoms with Gasteiger partial charge in [-0.15, -0.1) is 36.2 Å². The summed E-state index contributed by atoms with van der Waals surface area (Å²) in [5, 5.41) is 3.63. The van der Waals surface area contributed by atoms with Crippen LogP contribution in [0.2, 0.25) is 0 Å². The average molecular weight is 352 g/mol. The minimum absolute atomic E-state index is 0. The number of aryl methyl sites for hydroxylation is 1. The van der Waals surface area contributed by atoms with Crippen molar-refractivity contribution in [1.29, 1.82) is 0 Å². The molecule has 0 atom stereocenters. The summed E-state index contributed by atoms with van der Waals surface area (Å²) < 4.78 is 0. The minimum atomic E-state index is 0. The molecule has 1 aromatic heterocycles. The zero-order chi connectivity index (χ0) is 13.1. The predicted octanol–water partition coefficient (Wildman–Crippen LogP) is 3.45. The molecule has 2 heterocycles. The van der Waals surface area contributed by atoms with Crippen LogP contribution in [0.5, 0.6) is 0 Å². The number of thiazole rings is 1. The Morgan fingerprint density at radius 1 is 1.29 bits per heavy atom. The van der Waals surface area contributed by atoms with Gasteiger partial charge in [-0.1, -0.05) is 19.3 Å². The van der Waals surface area contributed by atoms with E-state index in [1.165, 1.54) is 68.7 Å². The van der Waals surface area contributed by atoms with Gasteiger partial charge < -0.3 is 5.32 Å². The Morgan fingerprint density at radius 2 is 2.05 bits per heavy atom. The number of aromatic nitrogens is 1. The normalized spacial score (nSPS) is 21.6. The maximum atomic E-state index is 4.37. The summed E-state index contributed by atoms with van der Waals surface area (Å²) in [6.45, 7) is 6.93. The van der Waals surface area contributed by atoms with Crippen molar-refractivity contribution in [2.45, 2.75) is 51.0 Å². The lowest BCUT2D eigenvalue weighted by Crippen LogP contribution is -2.62. The zero-order valence-electron chi connectivity index (χ0n) is 12.8. The van der Waals surface area contributed by atoms with Gasteiger partial charge in [0.05, 0.1) is 11.2 Å². The van der Waals surface area contributed by atoms with Crippen LogP contribution in [0.1, 0.15) is 42.7 Å². The second-order valence-electron chi connectivity index (χ2n) is 6.06. The number of nitrogens with zero attached hydrogens (tertiary/aromatic N) is 2. The maximum absolute atomic E-state index is 4.37. The molecule has 0 radical (unpaired) electrons. The number of halogens is 2. The van der Waals surface area contributed by atoms with Gasteiger partial charge in [-0.05, 0) is 26.2 Å². The number of hydrogen-bond donors (Lipinski definition) is 1. The minimum Gasteiger partial charge on any atom is -0.314 e. The van der Waals surface area contributed by atoms with Crippen LogP contribution in [0.25, 0.3) is 0 Å². The Hall–Kier alpha value is 0.130. The molecule has 1 spiro atoms. The van der Waals surface area contributed by atoms with Crippen molar-refractivity contribution in [2.75, 3.05) is 26.2 Å². The van der Waals surface area contributed by atoms with Gasteiger partial charge in [-0.2, -0.15) is 0 Å². The molecule has 0 amide bonds. The molecule has 0 unspecified atom stereocenters. The first-order chi connectivity index (χ1) is 9.30. The molecular formula is C15H27Cl2N3S. The Bertz CT molecular complexity index is 411. The fourth-order valence-corrected chi connectivity index (χ4v) is 4.51. The molecule has 1 aliphatic carbocycles. The second kappa shape index (κ2) is 8.68. The summed E-state index contributed by atoms with van der Waals surface area (Å²) in [4.78, 5) is 8.63. The third-order valence-electron chi connectivity index (χ3n) is 4.92. The van der Waals surface area contributed by atoms with Gasteiger partial charge in [-0.25, -0.2) is 4.98 Å². The maximum Gasteiger partial charge on any atom is 0.0797 e. The largest absolute Gasteiger partial charge is 0.314 e. The molecule has 0 bridgehead atoms. The van der Waals surface area contributed by atoms with Gasteiger partial charge in [0, 0.05) is 36.6 Å². The van der Waals surface area contributed by atoms with Gasteiger partial charge >= 0.3 is 0 Å². The van der Waals surface area contributed by atoms with Crippen LogP contribution in [0.15, 0.2) is 5.51 Å². The quantitative estimate of drug-likeness (QED) is 0.903. The van der Waals surface area contributed by atoms with E-state index >= 15 is 0 Å². The van der Waals surface area contributed by atoms with Crippen LogP contribution in [-0.2, 0) is 6.42 Å². The lowest BCUT2D eigenvalue weighted by Gasteiger charge is -2.50. The van der Waals surface area contributed by atoms with Crippen molar-refractivity contribution in [3.63, 3.8) is 0 Å². The molecule has 1 saturated carbocycles. The summed E-state index contributed by atoms with van der Waals surface area (Å²) in [7, 11) is 0. The highest BCUT2D eigenvalue weighted by molar-refractivity contribution is 7.09. The number of hydrogen-bond acceptors (Lipinski definition) is 4. The van der Waals surface area contributed by atoms with E-state index < -0.39 is 0 Å². The average Bonchev–Trinajstić information content (AvgIpc) is 2.84. The van der Waals surface area contributed by atoms with Crippen LogP contribution in [0.3, 0.4) is 0 Å². The van der Waals surface area contributed by atoms with Gasteiger partial charge in [0.2, 0.25) is 0 Å². The van der Waals surface area contributed by atoms with Gasteiger partial charge in [0.15, 0.2) is 0 Å². The molecule has 21 heavy (non-hydrogen) atoms. The molecular weight excluding hydrogens is 325 g/mol. The van der Waals surface area contributed by atoms with E-state index in [4.69, 9.17) is 0 Å². The lowest BCUT2D eigenvalue weighted by molar-refractivity contribution is 0.0288. The molecule has 3 rings (SSSR count). The predicted molar refractivity (Wildman–Crippen MR) is 95.3 cm³/mol. The Labute approximate surface area is 144 Å².